The van der Waals surface area contributed by atoms with Gasteiger partial charge in [0.05, 0.1) is 43.1 Å². The summed E-state index contributed by atoms with van der Waals surface area (Å²) in [6.45, 7) is 2.75. The summed E-state index contributed by atoms with van der Waals surface area (Å²) in [4.78, 5) is 5.46. The van der Waals surface area contributed by atoms with Gasteiger partial charge in [0.2, 0.25) is 5.27 Å². The van der Waals surface area contributed by atoms with Gasteiger partial charge in [0.25, 0.3) is 6.20 Å². The molecule has 1 saturated heterocycles. The molecule has 1 aliphatic rings. The second kappa shape index (κ2) is 7.32. The van der Waals surface area contributed by atoms with Crippen molar-refractivity contribution in [1.29, 1.82) is 0 Å². The zero-order chi connectivity index (χ0) is 15.2. The summed E-state index contributed by atoms with van der Waals surface area (Å²) in [7, 11) is 0. The lowest BCUT2D eigenvalue weighted by atomic mass is 10.5. The first-order chi connectivity index (χ1) is 10.8. The van der Waals surface area contributed by atoms with Gasteiger partial charge in [-0.15, -0.1) is 16.8 Å². The summed E-state index contributed by atoms with van der Waals surface area (Å²) in [5, 5.41) is 17.6. The molecule has 1 aliphatic heterocycles. The van der Waals surface area contributed by atoms with E-state index in [9.17, 15) is 5.11 Å². The van der Waals surface area contributed by atoms with Crippen LogP contribution in [0.1, 0.15) is 5.76 Å². The van der Waals surface area contributed by atoms with Crippen LogP contribution in [0.5, 0.6) is 0 Å². The Morgan fingerprint density at radius 3 is 3.09 bits per heavy atom. The molecule has 0 atom stereocenters. The smallest absolute Gasteiger partial charge is 0.324 e. The normalized spacial score (nSPS) is 16.2. The summed E-state index contributed by atoms with van der Waals surface area (Å²) < 4.78 is 15.5. The molecule has 0 aromatic carbocycles. The summed E-state index contributed by atoms with van der Waals surface area (Å²) in [6, 6.07) is 3.69. The van der Waals surface area contributed by atoms with Gasteiger partial charge in [-0.05, 0) is 18.0 Å². The van der Waals surface area contributed by atoms with E-state index in [1.807, 2.05) is 17.1 Å². The molecule has 1 fully saturated rings. The van der Waals surface area contributed by atoms with Crippen molar-refractivity contribution >= 4 is 23.5 Å². The zero-order valence-corrected chi connectivity index (χ0v) is 12.7. The van der Waals surface area contributed by atoms with Crippen LogP contribution >= 0.6 is 11.8 Å². The van der Waals surface area contributed by atoms with Crippen LogP contribution in [0.3, 0.4) is 0 Å². The number of thioether (sulfide) groups is 1. The van der Waals surface area contributed by atoms with Gasteiger partial charge in [-0.1, -0.05) is 0 Å². The third kappa shape index (κ3) is 4.01. The van der Waals surface area contributed by atoms with Crippen LogP contribution in [0, 0.1) is 0 Å². The van der Waals surface area contributed by atoms with Crippen LogP contribution in [0.2, 0.25) is 0 Å². The van der Waals surface area contributed by atoms with E-state index in [2.05, 4.69) is 10.3 Å². The maximum absolute atomic E-state index is 11.8. The van der Waals surface area contributed by atoms with Crippen molar-refractivity contribution < 1.29 is 23.6 Å². The lowest BCUT2D eigenvalue weighted by molar-refractivity contribution is -0.759. The topological polar surface area (TPSA) is 90.9 Å². The van der Waals surface area contributed by atoms with Crippen molar-refractivity contribution in [3.05, 3.63) is 30.4 Å². The van der Waals surface area contributed by atoms with Crippen LogP contribution in [-0.2, 0) is 10.5 Å². The molecule has 2 aromatic rings. The Morgan fingerprint density at radius 2 is 2.32 bits per heavy atom. The van der Waals surface area contributed by atoms with Crippen molar-refractivity contribution in [2.45, 2.75) is 5.75 Å². The summed E-state index contributed by atoms with van der Waals surface area (Å²) >= 11 is 1.44. The van der Waals surface area contributed by atoms with Crippen molar-refractivity contribution in [1.82, 2.24) is 5.27 Å². The highest BCUT2D eigenvalue weighted by atomic mass is 32.2. The molecule has 0 amide bonds. The quantitative estimate of drug-likeness (QED) is 0.414. The van der Waals surface area contributed by atoms with Gasteiger partial charge in [0.15, 0.2) is 0 Å². The molecule has 0 spiro atoms. The summed E-state index contributed by atoms with van der Waals surface area (Å²) in [6.07, 6.45) is 3.21. The number of hydrogen-bond donors (Lipinski definition) is 0. The molecule has 22 heavy (non-hydrogen) atoms. The fourth-order valence-corrected chi connectivity index (χ4v) is 2.67. The Morgan fingerprint density at radius 1 is 1.45 bits per heavy atom. The lowest BCUT2D eigenvalue weighted by Gasteiger charge is -2.18. The molecule has 0 saturated carbocycles. The number of nitrogens with zero attached hydrogens (tertiary/aromatic N) is 4. The van der Waals surface area contributed by atoms with Gasteiger partial charge < -0.3 is 14.3 Å². The van der Waals surface area contributed by atoms with Crippen molar-refractivity contribution in [3.8, 4) is 0 Å². The number of hydrogen-bond acceptors (Lipinski definition) is 8. The third-order valence-corrected chi connectivity index (χ3v) is 3.95. The Bertz CT molecular complexity index is 607. The van der Waals surface area contributed by atoms with E-state index >= 15 is 0 Å². The number of morpholine rings is 1. The van der Waals surface area contributed by atoms with E-state index in [0.29, 0.717) is 19.0 Å². The van der Waals surface area contributed by atoms with Gasteiger partial charge in [-0.25, -0.2) is 4.99 Å². The Balaban J connectivity index is 1.51. The largest absolute Gasteiger partial charge is 0.861 e. The maximum atomic E-state index is 11.8. The van der Waals surface area contributed by atoms with Crippen LogP contribution in [0.25, 0.3) is 0 Å². The molecule has 3 rings (SSSR count). The average molecular weight is 324 g/mol. The highest BCUT2D eigenvalue weighted by molar-refractivity contribution is 7.99. The summed E-state index contributed by atoms with van der Waals surface area (Å²) in [5.74, 6) is 1.68. The third-order valence-electron chi connectivity index (χ3n) is 3.01. The minimum absolute atomic E-state index is 0.204. The van der Waals surface area contributed by atoms with Crippen LogP contribution in [0.15, 0.2) is 38.5 Å². The minimum Gasteiger partial charge on any atom is -0.861 e. The highest BCUT2D eigenvalue weighted by Gasteiger charge is 2.22. The number of aliphatic imine (C=N–C) groups is 1. The van der Waals surface area contributed by atoms with Gasteiger partial charge in [0, 0.05) is 5.75 Å². The predicted octanol–water partition coefficient (Wildman–Crippen LogP) is -0.153. The van der Waals surface area contributed by atoms with Crippen molar-refractivity contribution in [2.75, 3.05) is 37.1 Å². The first-order valence-electron chi connectivity index (χ1n) is 6.87. The molecule has 0 bridgehead atoms. The first kappa shape index (κ1) is 14.9. The molecular formula is C13H16N4O4S. The number of furan rings is 1. The van der Waals surface area contributed by atoms with Crippen molar-refractivity contribution in [3.63, 3.8) is 0 Å². The summed E-state index contributed by atoms with van der Waals surface area (Å²) in [5.41, 5.74) is 0. The number of ether oxygens (including phenoxy) is 1. The molecule has 3 heterocycles. The number of aromatic nitrogens is 2. The standard InChI is InChI=1S/C13H16N4O4S/c18-12(10-22-9-11-2-1-5-20-11)14-13-8-17(15-21-13)16-3-6-19-7-4-16/h1-2,5,8H,3-4,6-7,9-10H2. The maximum Gasteiger partial charge on any atom is 0.324 e. The van der Waals surface area contributed by atoms with E-state index in [1.165, 1.54) is 11.8 Å². The fraction of sp³-hybridized carbons (Fsp3) is 0.462. The van der Waals surface area contributed by atoms with Gasteiger partial charge in [0.1, 0.15) is 5.76 Å². The fourth-order valence-electron chi connectivity index (χ4n) is 1.96. The second-order valence-corrected chi connectivity index (χ2v) is 5.59. The number of rotatable bonds is 6. The van der Waals surface area contributed by atoms with E-state index in [1.54, 1.807) is 17.3 Å². The molecule has 118 valence electrons. The van der Waals surface area contributed by atoms with Crippen LogP contribution in [-0.4, -0.2) is 43.2 Å². The Hall–Kier alpha value is -2.00. The van der Waals surface area contributed by atoms with Gasteiger partial charge in [-0.3, -0.25) is 4.52 Å². The highest BCUT2D eigenvalue weighted by Crippen LogP contribution is 2.13. The zero-order valence-electron chi connectivity index (χ0n) is 11.9. The molecule has 8 nitrogen and oxygen atoms in total. The van der Waals surface area contributed by atoms with E-state index in [-0.39, 0.29) is 17.5 Å². The van der Waals surface area contributed by atoms with E-state index < -0.39 is 0 Å². The van der Waals surface area contributed by atoms with E-state index in [4.69, 9.17) is 13.7 Å². The van der Waals surface area contributed by atoms with Crippen LogP contribution < -0.4 is 14.9 Å². The first-order valence-corrected chi connectivity index (χ1v) is 8.03. The van der Waals surface area contributed by atoms with Crippen molar-refractivity contribution in [2.24, 2.45) is 4.99 Å². The second-order valence-electron chi connectivity index (χ2n) is 4.60. The van der Waals surface area contributed by atoms with Gasteiger partial charge >= 0.3 is 5.88 Å². The molecule has 2 aromatic heterocycles. The van der Waals surface area contributed by atoms with Crippen LogP contribution in [0.4, 0.5) is 5.88 Å². The SMILES string of the molecule is [O-]/C(CSCc1ccco1)=N/c1c[n+](N2CCOCC2)no1. The molecule has 9 heteroatoms. The average Bonchev–Trinajstić information content (AvgIpc) is 3.20. The predicted molar refractivity (Wildman–Crippen MR) is 77.4 cm³/mol. The molecule has 0 unspecified atom stereocenters. The van der Waals surface area contributed by atoms with E-state index in [0.717, 1.165) is 18.8 Å². The van der Waals surface area contributed by atoms with Gasteiger partial charge in [-0.2, -0.15) is 0 Å². The Labute approximate surface area is 131 Å². The molecule has 0 radical (unpaired) electrons. The monoisotopic (exact) mass is 324 g/mol. The lowest BCUT2D eigenvalue weighted by Crippen LogP contribution is -2.62. The Kier molecular flexibility index (Phi) is 4.96. The molecule has 0 N–H and O–H groups in total. The molecule has 0 aliphatic carbocycles. The minimum atomic E-state index is -0.262. The molecular weight excluding hydrogens is 308 g/mol.